The Morgan fingerprint density at radius 1 is 1.00 bits per heavy atom. The normalized spacial score (nSPS) is 8.73. The molecule has 0 bridgehead atoms. The monoisotopic (exact) mass is 333 g/mol. The number of nitrogen functional groups attached to an aromatic ring is 1. The Labute approximate surface area is 160 Å². The molecule has 2 aromatic carbocycles. The summed E-state index contributed by atoms with van der Waals surface area (Å²) in [5.41, 5.74) is 7.44. The summed E-state index contributed by atoms with van der Waals surface area (Å²) < 4.78 is 0. The molecule has 0 unspecified atom stereocenters. The summed E-state index contributed by atoms with van der Waals surface area (Å²) in [6.07, 6.45) is -0.193. The largest absolute Gasteiger partial charge is 2.00 e. The predicted octanol–water partition coefficient (Wildman–Crippen LogP) is 0.322. The summed E-state index contributed by atoms with van der Waals surface area (Å²) in [4.78, 5) is 23.0. The molecule has 116 valence electrons. The van der Waals surface area contributed by atoms with E-state index in [1.165, 1.54) is 0 Å². The van der Waals surface area contributed by atoms with Crippen molar-refractivity contribution < 1.29 is 28.5 Å². The molecule has 0 aliphatic carbocycles. The molecule has 7 heteroatoms. The summed E-state index contributed by atoms with van der Waals surface area (Å²) in [7, 11) is 0. The molecule has 6 nitrogen and oxygen atoms in total. The van der Waals surface area contributed by atoms with E-state index in [1.54, 1.807) is 42.5 Å². The van der Waals surface area contributed by atoms with Crippen LogP contribution in [0.25, 0.3) is 0 Å². The van der Waals surface area contributed by atoms with Crippen LogP contribution in [0.1, 0.15) is 24.3 Å². The summed E-state index contributed by atoms with van der Waals surface area (Å²) in [5.74, 6) is -1.18. The van der Waals surface area contributed by atoms with Crippen LogP contribution < -0.4 is 5.73 Å². The van der Waals surface area contributed by atoms with Crippen LogP contribution in [-0.2, 0) is 11.2 Å². The zero-order valence-corrected chi connectivity index (χ0v) is 14.1. The van der Waals surface area contributed by atoms with Crippen LogP contribution in [0.5, 0.6) is 0 Å². The molecule has 0 fully saturated rings. The van der Waals surface area contributed by atoms with Gasteiger partial charge in [0, 0.05) is 16.8 Å². The average Bonchev–Trinajstić information content (AvgIpc) is 2.41. The Hall–Kier alpha value is -1.44. The molecule has 0 aliphatic rings. The van der Waals surface area contributed by atoms with Crippen molar-refractivity contribution in [3.63, 3.8) is 0 Å². The van der Waals surface area contributed by atoms with Gasteiger partial charge in [0.15, 0.2) is 5.78 Å². The summed E-state index contributed by atoms with van der Waals surface area (Å²) in [5, 5.41) is 8.80. The standard InChI is InChI=1S/C15H13NO3.Ca.2H2O.2H/c16-14-11(9-13(17)18)7-4-8-12(14)15(19)10-5-2-1-3-6-10;;;;;/h1-8H,9,16H2,(H,17,18);;2*1H2;;/q;+2;;;2*-1. The minimum atomic E-state index is -0.976. The topological polar surface area (TPSA) is 143 Å². The van der Waals surface area contributed by atoms with Crippen molar-refractivity contribution >= 4 is 55.2 Å². The van der Waals surface area contributed by atoms with Gasteiger partial charge in [-0.25, -0.2) is 0 Å². The fourth-order valence-electron chi connectivity index (χ4n) is 1.87. The number of rotatable bonds is 4. The number of nitrogens with two attached hydrogens (primary N) is 1. The third kappa shape index (κ3) is 5.40. The van der Waals surface area contributed by atoms with Crippen molar-refractivity contribution in [3.8, 4) is 0 Å². The van der Waals surface area contributed by atoms with Crippen LogP contribution in [-0.4, -0.2) is 65.5 Å². The molecule has 2 rings (SSSR count). The van der Waals surface area contributed by atoms with E-state index in [0.29, 0.717) is 16.7 Å². The van der Waals surface area contributed by atoms with E-state index in [4.69, 9.17) is 10.8 Å². The number of carbonyl (C=O) groups is 2. The minimum Gasteiger partial charge on any atom is -1.00 e. The van der Waals surface area contributed by atoms with Crippen molar-refractivity contribution in [2.45, 2.75) is 6.42 Å². The first-order chi connectivity index (χ1) is 9.09. The first-order valence-corrected chi connectivity index (χ1v) is 5.78. The van der Waals surface area contributed by atoms with Gasteiger partial charge in [0.1, 0.15) is 0 Å². The molecule has 2 aromatic rings. The Morgan fingerprint density at radius 3 is 2.14 bits per heavy atom. The number of ketones is 1. The third-order valence-corrected chi connectivity index (χ3v) is 2.82. The third-order valence-electron chi connectivity index (χ3n) is 2.82. The number of para-hydroxylation sites is 1. The van der Waals surface area contributed by atoms with Gasteiger partial charge in [0.2, 0.25) is 0 Å². The smallest absolute Gasteiger partial charge is 1.00 e. The van der Waals surface area contributed by atoms with E-state index in [9.17, 15) is 9.59 Å². The van der Waals surface area contributed by atoms with Gasteiger partial charge in [-0.15, -0.1) is 0 Å². The van der Waals surface area contributed by atoms with Crippen molar-refractivity contribution in [2.75, 3.05) is 5.73 Å². The summed E-state index contributed by atoms with van der Waals surface area (Å²) in [6, 6.07) is 13.6. The number of hydrogen-bond acceptors (Lipinski definition) is 3. The van der Waals surface area contributed by atoms with E-state index < -0.39 is 5.97 Å². The Bertz CT molecular complexity index is 641. The SMILES string of the molecule is Nc1c(CC(=O)O)cccc1C(=O)c1ccccc1.O.O.[Ca+2].[H-].[H-]. The van der Waals surface area contributed by atoms with E-state index >= 15 is 0 Å². The van der Waals surface area contributed by atoms with E-state index in [-0.39, 0.29) is 69.4 Å². The average molecular weight is 333 g/mol. The molecule has 0 saturated carbocycles. The number of carboxylic acid groups (broad SMARTS) is 1. The minimum absolute atomic E-state index is 0. The van der Waals surface area contributed by atoms with Gasteiger partial charge in [-0.05, 0) is 11.6 Å². The number of carboxylic acids is 1. The Morgan fingerprint density at radius 2 is 1.59 bits per heavy atom. The van der Waals surface area contributed by atoms with Crippen LogP contribution in [0.3, 0.4) is 0 Å². The van der Waals surface area contributed by atoms with Crippen LogP contribution in [0.4, 0.5) is 5.69 Å². The molecule has 0 spiro atoms. The van der Waals surface area contributed by atoms with Gasteiger partial charge in [-0.2, -0.15) is 0 Å². The molecule has 7 N–H and O–H groups in total. The first-order valence-electron chi connectivity index (χ1n) is 5.78. The number of aliphatic carboxylic acids is 1. The second kappa shape index (κ2) is 10.3. The number of hydrogen-bond donors (Lipinski definition) is 2. The van der Waals surface area contributed by atoms with E-state index in [0.717, 1.165) is 0 Å². The van der Waals surface area contributed by atoms with Crippen molar-refractivity contribution in [3.05, 3.63) is 65.2 Å². The van der Waals surface area contributed by atoms with Crippen LogP contribution in [0, 0.1) is 0 Å². The molecule has 22 heavy (non-hydrogen) atoms. The van der Waals surface area contributed by atoms with Gasteiger partial charge in [0.05, 0.1) is 6.42 Å². The maximum absolute atomic E-state index is 12.3. The molecular weight excluding hydrogens is 314 g/mol. The molecular formula is C15H19CaNO5. The zero-order chi connectivity index (χ0) is 13.8. The quantitative estimate of drug-likeness (QED) is 0.471. The second-order valence-electron chi connectivity index (χ2n) is 4.14. The maximum atomic E-state index is 12.3. The van der Waals surface area contributed by atoms with Crippen LogP contribution in [0.2, 0.25) is 0 Å². The van der Waals surface area contributed by atoms with Gasteiger partial charge in [-0.1, -0.05) is 42.5 Å². The molecule has 0 saturated heterocycles. The van der Waals surface area contributed by atoms with Crippen molar-refractivity contribution in [2.24, 2.45) is 0 Å². The number of carbonyl (C=O) groups excluding carboxylic acids is 1. The Balaban J connectivity index is -0.000000400. The molecule has 0 atom stereocenters. The molecule has 0 radical (unpaired) electrons. The van der Waals surface area contributed by atoms with Crippen molar-refractivity contribution in [1.82, 2.24) is 0 Å². The van der Waals surface area contributed by atoms with Crippen molar-refractivity contribution in [1.29, 1.82) is 0 Å². The van der Waals surface area contributed by atoms with Gasteiger partial charge in [0.25, 0.3) is 0 Å². The maximum Gasteiger partial charge on any atom is 2.00 e. The molecule has 0 aromatic heterocycles. The second-order valence-corrected chi connectivity index (χ2v) is 4.14. The van der Waals surface area contributed by atoms with Gasteiger partial charge < -0.3 is 24.6 Å². The van der Waals surface area contributed by atoms with Gasteiger partial charge in [-0.3, -0.25) is 9.59 Å². The van der Waals surface area contributed by atoms with Crippen LogP contribution in [0.15, 0.2) is 48.5 Å². The summed E-state index contributed by atoms with van der Waals surface area (Å²) >= 11 is 0. The number of anilines is 1. The first kappa shape index (κ1) is 22.8. The Kier molecular flexibility index (Phi) is 10.7. The van der Waals surface area contributed by atoms with E-state index in [2.05, 4.69) is 0 Å². The van der Waals surface area contributed by atoms with E-state index in [1.807, 2.05) is 6.07 Å². The van der Waals surface area contributed by atoms with Gasteiger partial charge >= 0.3 is 43.7 Å². The fraction of sp³-hybridized carbons (Fsp3) is 0.0667. The van der Waals surface area contributed by atoms with Crippen LogP contribution >= 0.6 is 0 Å². The molecule has 0 amide bonds. The predicted molar refractivity (Wildman–Crippen MR) is 87.3 cm³/mol. The fourth-order valence-corrected chi connectivity index (χ4v) is 1.87. The molecule has 0 aliphatic heterocycles. The number of benzene rings is 2. The summed E-state index contributed by atoms with van der Waals surface area (Å²) in [6.45, 7) is 0. The molecule has 0 heterocycles. The zero-order valence-electron chi connectivity index (χ0n) is 13.9.